The molecule has 0 aliphatic rings. The van der Waals surface area contributed by atoms with E-state index in [-0.39, 0.29) is 10.6 Å². The van der Waals surface area contributed by atoms with Crippen molar-refractivity contribution in [3.8, 4) is 5.75 Å². The number of benzene rings is 2. The Morgan fingerprint density at radius 3 is 2.39 bits per heavy atom. The van der Waals surface area contributed by atoms with Crippen molar-refractivity contribution in [2.45, 2.75) is 4.90 Å². The number of hydrazone groups is 1. The Balaban J connectivity index is 1.84. The number of carbonyl (C=O) groups excluding carboxylic acids is 1. The van der Waals surface area contributed by atoms with Gasteiger partial charge in [-0.1, -0.05) is 18.2 Å². The largest absolute Gasteiger partial charge is 0.508 e. The summed E-state index contributed by atoms with van der Waals surface area (Å²) >= 11 is 0. The molecule has 2 rings (SSSR count). The summed E-state index contributed by atoms with van der Waals surface area (Å²) in [4.78, 5) is 11.7. The number of phenolic OH excluding ortho intramolecular Hbond substituents is 1. The van der Waals surface area contributed by atoms with Crippen LogP contribution in [0.25, 0.3) is 0 Å². The Labute approximate surface area is 133 Å². The van der Waals surface area contributed by atoms with Crippen LogP contribution in [-0.4, -0.2) is 32.2 Å². The molecule has 8 heteroatoms. The number of hydrogen-bond acceptors (Lipinski definition) is 5. The Kier molecular flexibility index (Phi) is 5.45. The predicted molar refractivity (Wildman–Crippen MR) is 85.5 cm³/mol. The van der Waals surface area contributed by atoms with Gasteiger partial charge in [0.1, 0.15) is 5.75 Å². The SMILES string of the molecule is O=C(CNS(=O)(=O)c1ccccc1)NN=Cc1ccc(O)cc1. The van der Waals surface area contributed by atoms with E-state index in [1.165, 1.54) is 30.5 Å². The van der Waals surface area contributed by atoms with Crippen molar-refractivity contribution in [1.82, 2.24) is 10.1 Å². The van der Waals surface area contributed by atoms with Crippen LogP contribution in [0.1, 0.15) is 5.56 Å². The van der Waals surface area contributed by atoms with E-state index in [4.69, 9.17) is 5.11 Å². The van der Waals surface area contributed by atoms with Crippen LogP contribution in [0, 0.1) is 0 Å². The molecule has 1 amide bonds. The lowest BCUT2D eigenvalue weighted by molar-refractivity contribution is -0.119. The molecule has 0 fully saturated rings. The van der Waals surface area contributed by atoms with Crippen LogP contribution >= 0.6 is 0 Å². The monoisotopic (exact) mass is 333 g/mol. The molecule has 2 aromatic rings. The maximum Gasteiger partial charge on any atom is 0.255 e. The Morgan fingerprint density at radius 2 is 1.74 bits per heavy atom. The maximum absolute atomic E-state index is 11.9. The minimum Gasteiger partial charge on any atom is -0.508 e. The third kappa shape index (κ3) is 5.20. The molecule has 0 heterocycles. The molecule has 0 saturated heterocycles. The van der Waals surface area contributed by atoms with Gasteiger partial charge in [0.05, 0.1) is 17.7 Å². The smallest absolute Gasteiger partial charge is 0.255 e. The van der Waals surface area contributed by atoms with Crippen LogP contribution < -0.4 is 10.1 Å². The van der Waals surface area contributed by atoms with Gasteiger partial charge >= 0.3 is 0 Å². The molecule has 0 saturated carbocycles. The first-order chi connectivity index (χ1) is 11.0. The fourth-order valence-electron chi connectivity index (χ4n) is 1.62. The zero-order valence-corrected chi connectivity index (χ0v) is 12.8. The number of amides is 1. The average molecular weight is 333 g/mol. The third-order valence-electron chi connectivity index (χ3n) is 2.77. The van der Waals surface area contributed by atoms with Gasteiger partial charge in [0.15, 0.2) is 0 Å². The molecule has 0 aromatic heterocycles. The van der Waals surface area contributed by atoms with E-state index in [9.17, 15) is 13.2 Å². The first kappa shape index (κ1) is 16.7. The molecular formula is C15H15N3O4S. The lowest BCUT2D eigenvalue weighted by Crippen LogP contribution is -2.34. The van der Waals surface area contributed by atoms with Crippen molar-refractivity contribution in [2.24, 2.45) is 5.10 Å². The number of nitrogens with one attached hydrogen (secondary N) is 2. The molecule has 2 aromatic carbocycles. The number of phenols is 1. The van der Waals surface area contributed by atoms with Crippen LogP contribution in [0.2, 0.25) is 0 Å². The molecule has 3 N–H and O–H groups in total. The van der Waals surface area contributed by atoms with E-state index in [1.54, 1.807) is 30.3 Å². The van der Waals surface area contributed by atoms with Crippen LogP contribution in [0.5, 0.6) is 5.75 Å². The molecular weight excluding hydrogens is 318 g/mol. The van der Waals surface area contributed by atoms with E-state index in [0.29, 0.717) is 5.56 Å². The summed E-state index contributed by atoms with van der Waals surface area (Å²) in [6, 6.07) is 13.9. The van der Waals surface area contributed by atoms with Gasteiger partial charge in [-0.05, 0) is 42.0 Å². The van der Waals surface area contributed by atoms with Crippen molar-refractivity contribution >= 4 is 22.1 Å². The number of aromatic hydroxyl groups is 1. The van der Waals surface area contributed by atoms with Gasteiger partial charge in [-0.2, -0.15) is 5.10 Å². The molecule has 120 valence electrons. The lowest BCUT2D eigenvalue weighted by atomic mass is 10.2. The fraction of sp³-hybridized carbons (Fsp3) is 0.0667. The topological polar surface area (TPSA) is 108 Å². The van der Waals surface area contributed by atoms with Crippen LogP contribution in [0.4, 0.5) is 0 Å². The highest BCUT2D eigenvalue weighted by Gasteiger charge is 2.14. The second-order valence-corrected chi connectivity index (χ2v) is 6.29. The molecule has 0 aliphatic carbocycles. The van der Waals surface area contributed by atoms with E-state index in [2.05, 4.69) is 15.2 Å². The van der Waals surface area contributed by atoms with Crippen molar-refractivity contribution in [3.05, 3.63) is 60.2 Å². The Morgan fingerprint density at radius 1 is 1.09 bits per heavy atom. The number of rotatable bonds is 6. The van der Waals surface area contributed by atoms with Gasteiger partial charge in [-0.15, -0.1) is 0 Å². The summed E-state index contributed by atoms with van der Waals surface area (Å²) in [5.41, 5.74) is 2.88. The van der Waals surface area contributed by atoms with E-state index < -0.39 is 22.5 Å². The molecule has 0 spiro atoms. The van der Waals surface area contributed by atoms with Gasteiger partial charge in [-0.3, -0.25) is 4.79 Å². The number of nitrogens with zero attached hydrogens (tertiary/aromatic N) is 1. The quantitative estimate of drug-likeness (QED) is 0.537. The van der Waals surface area contributed by atoms with Crippen LogP contribution in [0.15, 0.2) is 64.6 Å². The summed E-state index contributed by atoms with van der Waals surface area (Å²) in [6.45, 7) is -0.426. The summed E-state index contributed by atoms with van der Waals surface area (Å²) in [7, 11) is -3.73. The number of carbonyl (C=O) groups is 1. The molecule has 0 atom stereocenters. The van der Waals surface area contributed by atoms with Crippen LogP contribution in [0.3, 0.4) is 0 Å². The summed E-state index contributed by atoms with van der Waals surface area (Å²) in [5, 5.41) is 12.8. The standard InChI is InChI=1S/C15H15N3O4S/c19-13-8-6-12(7-9-13)10-16-18-15(20)11-17-23(21,22)14-4-2-1-3-5-14/h1-10,17,19H,11H2,(H,18,20). The maximum atomic E-state index is 11.9. The highest BCUT2D eigenvalue weighted by Crippen LogP contribution is 2.08. The highest BCUT2D eigenvalue weighted by atomic mass is 32.2. The molecule has 0 bridgehead atoms. The zero-order chi connectivity index (χ0) is 16.7. The molecule has 0 radical (unpaired) electrons. The first-order valence-corrected chi connectivity index (χ1v) is 8.11. The van der Waals surface area contributed by atoms with Crippen molar-refractivity contribution in [1.29, 1.82) is 0 Å². The second-order valence-electron chi connectivity index (χ2n) is 4.52. The fourth-order valence-corrected chi connectivity index (χ4v) is 2.63. The minimum atomic E-state index is -3.73. The Bertz CT molecular complexity index is 787. The first-order valence-electron chi connectivity index (χ1n) is 6.63. The summed E-state index contributed by atoms with van der Waals surface area (Å²) in [6.07, 6.45) is 1.38. The van der Waals surface area contributed by atoms with Gasteiger partial charge in [0, 0.05) is 0 Å². The highest BCUT2D eigenvalue weighted by molar-refractivity contribution is 7.89. The van der Waals surface area contributed by atoms with E-state index in [1.807, 2.05) is 0 Å². The van der Waals surface area contributed by atoms with Crippen molar-refractivity contribution in [2.75, 3.05) is 6.54 Å². The molecule has 7 nitrogen and oxygen atoms in total. The van der Waals surface area contributed by atoms with Crippen molar-refractivity contribution < 1.29 is 18.3 Å². The van der Waals surface area contributed by atoms with Gasteiger partial charge in [-0.25, -0.2) is 18.6 Å². The van der Waals surface area contributed by atoms with E-state index in [0.717, 1.165) is 0 Å². The van der Waals surface area contributed by atoms with Crippen LogP contribution in [-0.2, 0) is 14.8 Å². The summed E-state index contributed by atoms with van der Waals surface area (Å²) in [5.74, 6) is -0.471. The van der Waals surface area contributed by atoms with Gasteiger partial charge < -0.3 is 5.11 Å². The number of hydrogen-bond donors (Lipinski definition) is 3. The normalized spacial score (nSPS) is 11.5. The minimum absolute atomic E-state index is 0.0837. The average Bonchev–Trinajstić information content (AvgIpc) is 2.56. The lowest BCUT2D eigenvalue weighted by Gasteiger charge is -2.05. The second kappa shape index (κ2) is 7.52. The Hall–Kier alpha value is -2.71. The van der Waals surface area contributed by atoms with Gasteiger partial charge in [0.25, 0.3) is 5.91 Å². The zero-order valence-electron chi connectivity index (χ0n) is 12.0. The molecule has 0 aliphatic heterocycles. The van der Waals surface area contributed by atoms with E-state index >= 15 is 0 Å². The molecule has 23 heavy (non-hydrogen) atoms. The van der Waals surface area contributed by atoms with Gasteiger partial charge in [0.2, 0.25) is 10.0 Å². The third-order valence-corrected chi connectivity index (χ3v) is 4.19. The predicted octanol–water partition coefficient (Wildman–Crippen LogP) is 0.821. The summed E-state index contributed by atoms with van der Waals surface area (Å²) < 4.78 is 26.0. The number of sulfonamides is 1. The van der Waals surface area contributed by atoms with Crippen molar-refractivity contribution in [3.63, 3.8) is 0 Å². The molecule has 0 unspecified atom stereocenters.